The Morgan fingerprint density at radius 2 is 2.29 bits per heavy atom. The molecule has 5 nitrogen and oxygen atoms in total. The molecule has 1 aliphatic carbocycles. The van der Waals surface area contributed by atoms with Crippen LogP contribution < -0.4 is 9.64 Å². The summed E-state index contributed by atoms with van der Waals surface area (Å²) >= 11 is 0. The molecular formula is C12H19N3O2. The molecule has 0 atom stereocenters. The maximum atomic E-state index is 9.12. The predicted octanol–water partition coefficient (Wildman–Crippen LogP) is 1.23. The largest absolute Gasteiger partial charge is 0.477 e. The average molecular weight is 237 g/mol. The number of anilines is 1. The number of hydrogen-bond donors (Lipinski definition) is 1. The molecule has 1 heterocycles. The highest BCUT2D eigenvalue weighted by Gasteiger charge is 2.25. The molecule has 1 aromatic heterocycles. The van der Waals surface area contributed by atoms with E-state index in [1.807, 2.05) is 6.92 Å². The molecule has 1 fully saturated rings. The molecule has 17 heavy (non-hydrogen) atoms. The molecular weight excluding hydrogens is 218 g/mol. The van der Waals surface area contributed by atoms with Crippen molar-refractivity contribution in [2.75, 3.05) is 24.7 Å². The fourth-order valence-corrected chi connectivity index (χ4v) is 1.98. The molecule has 0 unspecified atom stereocenters. The second-order valence-corrected chi connectivity index (χ2v) is 4.15. The highest BCUT2D eigenvalue weighted by atomic mass is 16.5. The van der Waals surface area contributed by atoms with Crippen molar-refractivity contribution in [3.8, 4) is 5.88 Å². The Balaban J connectivity index is 2.13. The Hall–Kier alpha value is -1.36. The van der Waals surface area contributed by atoms with Gasteiger partial charge in [-0.25, -0.2) is 0 Å². The summed E-state index contributed by atoms with van der Waals surface area (Å²) in [5.41, 5.74) is 0. The van der Waals surface area contributed by atoms with E-state index in [9.17, 15) is 0 Å². The summed E-state index contributed by atoms with van der Waals surface area (Å²) in [5.74, 6) is 1.35. The number of aliphatic hydroxyl groups excluding tert-OH is 1. The molecule has 1 aliphatic rings. The molecule has 1 aromatic rings. The molecule has 5 heteroatoms. The number of hydrogen-bond acceptors (Lipinski definition) is 5. The Bertz CT molecular complexity index is 355. The summed E-state index contributed by atoms with van der Waals surface area (Å²) in [6.45, 7) is 3.25. The van der Waals surface area contributed by atoms with Crippen LogP contribution in [-0.2, 0) is 0 Å². The molecule has 0 spiro atoms. The summed E-state index contributed by atoms with van der Waals surface area (Å²) in [6, 6.07) is 0.494. The van der Waals surface area contributed by atoms with E-state index in [0.29, 0.717) is 25.1 Å². The van der Waals surface area contributed by atoms with Gasteiger partial charge in [-0.1, -0.05) is 0 Å². The number of aromatic nitrogens is 2. The van der Waals surface area contributed by atoms with Crippen LogP contribution >= 0.6 is 0 Å². The normalized spacial score (nSPS) is 15.4. The van der Waals surface area contributed by atoms with Crippen LogP contribution in [-0.4, -0.2) is 40.9 Å². The fourth-order valence-electron chi connectivity index (χ4n) is 1.98. The van der Waals surface area contributed by atoms with Gasteiger partial charge in [-0.05, 0) is 26.2 Å². The highest BCUT2D eigenvalue weighted by molar-refractivity contribution is 5.39. The van der Waals surface area contributed by atoms with Crippen molar-refractivity contribution in [2.24, 2.45) is 0 Å². The SMILES string of the molecule is CCOc1cncc(N(CCO)C2CCC2)n1. The minimum atomic E-state index is 0.136. The van der Waals surface area contributed by atoms with Crippen LogP contribution in [0.4, 0.5) is 5.82 Å². The van der Waals surface area contributed by atoms with Crippen LogP contribution in [0.5, 0.6) is 5.88 Å². The van der Waals surface area contributed by atoms with Crippen LogP contribution in [0.3, 0.4) is 0 Å². The fraction of sp³-hybridized carbons (Fsp3) is 0.667. The van der Waals surface area contributed by atoms with Gasteiger partial charge in [0.05, 0.1) is 25.6 Å². The summed E-state index contributed by atoms with van der Waals surface area (Å²) in [7, 11) is 0. The van der Waals surface area contributed by atoms with Gasteiger partial charge in [0.25, 0.3) is 0 Å². The lowest BCUT2D eigenvalue weighted by Crippen LogP contribution is -2.42. The van der Waals surface area contributed by atoms with Gasteiger partial charge in [-0.3, -0.25) is 4.98 Å². The molecule has 0 amide bonds. The average Bonchev–Trinajstić information content (AvgIpc) is 2.27. The molecule has 0 bridgehead atoms. The van der Waals surface area contributed by atoms with Crippen LogP contribution in [0.1, 0.15) is 26.2 Å². The predicted molar refractivity (Wildman–Crippen MR) is 65.3 cm³/mol. The molecule has 0 aliphatic heterocycles. The molecule has 0 aromatic carbocycles. The molecule has 0 saturated heterocycles. The highest BCUT2D eigenvalue weighted by Crippen LogP contribution is 2.28. The molecule has 1 N–H and O–H groups in total. The van der Waals surface area contributed by atoms with Crippen LogP contribution in [0, 0.1) is 0 Å². The minimum Gasteiger partial charge on any atom is -0.477 e. The van der Waals surface area contributed by atoms with E-state index in [-0.39, 0.29) is 6.61 Å². The first-order valence-corrected chi connectivity index (χ1v) is 6.17. The van der Waals surface area contributed by atoms with E-state index in [1.54, 1.807) is 12.4 Å². The number of rotatable bonds is 6. The van der Waals surface area contributed by atoms with Gasteiger partial charge in [0.1, 0.15) is 0 Å². The van der Waals surface area contributed by atoms with E-state index in [2.05, 4.69) is 14.9 Å². The lowest BCUT2D eigenvalue weighted by atomic mass is 9.91. The van der Waals surface area contributed by atoms with E-state index < -0.39 is 0 Å². The van der Waals surface area contributed by atoms with Gasteiger partial charge in [0.2, 0.25) is 5.88 Å². The van der Waals surface area contributed by atoms with Crippen molar-refractivity contribution in [3.05, 3.63) is 12.4 Å². The Morgan fingerprint density at radius 1 is 1.47 bits per heavy atom. The second-order valence-electron chi connectivity index (χ2n) is 4.15. The molecule has 1 saturated carbocycles. The standard InChI is InChI=1S/C12H19N3O2/c1-2-17-12-9-13-8-11(14-12)15(6-7-16)10-4-3-5-10/h8-10,16H,2-7H2,1H3. The lowest BCUT2D eigenvalue weighted by Gasteiger charge is -2.37. The first kappa shape index (κ1) is 12.1. The van der Waals surface area contributed by atoms with Crippen molar-refractivity contribution in [1.82, 2.24) is 9.97 Å². The number of nitrogens with zero attached hydrogens (tertiary/aromatic N) is 3. The van der Waals surface area contributed by atoms with Gasteiger partial charge in [0.15, 0.2) is 5.82 Å². The Kier molecular flexibility index (Phi) is 4.14. The topological polar surface area (TPSA) is 58.5 Å². The smallest absolute Gasteiger partial charge is 0.234 e. The summed E-state index contributed by atoms with van der Waals surface area (Å²) < 4.78 is 5.34. The van der Waals surface area contributed by atoms with Gasteiger partial charge < -0.3 is 14.7 Å². The number of aliphatic hydroxyl groups is 1. The molecule has 0 radical (unpaired) electrons. The van der Waals surface area contributed by atoms with E-state index in [4.69, 9.17) is 9.84 Å². The monoisotopic (exact) mass is 237 g/mol. The van der Waals surface area contributed by atoms with Crippen LogP contribution in [0.25, 0.3) is 0 Å². The zero-order valence-electron chi connectivity index (χ0n) is 10.2. The summed E-state index contributed by atoms with van der Waals surface area (Å²) in [6.07, 6.45) is 6.94. The van der Waals surface area contributed by atoms with Crippen molar-refractivity contribution < 1.29 is 9.84 Å². The van der Waals surface area contributed by atoms with Gasteiger partial charge >= 0.3 is 0 Å². The minimum absolute atomic E-state index is 0.136. The van der Waals surface area contributed by atoms with Crippen LogP contribution in [0.15, 0.2) is 12.4 Å². The van der Waals surface area contributed by atoms with E-state index in [0.717, 1.165) is 5.82 Å². The van der Waals surface area contributed by atoms with E-state index in [1.165, 1.54) is 19.3 Å². The number of ether oxygens (including phenoxy) is 1. The van der Waals surface area contributed by atoms with Gasteiger partial charge in [-0.15, -0.1) is 0 Å². The third kappa shape index (κ3) is 2.85. The molecule has 94 valence electrons. The first-order chi connectivity index (χ1) is 8.35. The summed E-state index contributed by atoms with van der Waals surface area (Å²) in [4.78, 5) is 10.7. The quantitative estimate of drug-likeness (QED) is 0.806. The zero-order valence-corrected chi connectivity index (χ0v) is 10.2. The van der Waals surface area contributed by atoms with Crippen molar-refractivity contribution in [3.63, 3.8) is 0 Å². The lowest BCUT2D eigenvalue weighted by molar-refractivity contribution is 0.281. The van der Waals surface area contributed by atoms with Gasteiger partial charge in [0, 0.05) is 12.6 Å². The molecule has 2 rings (SSSR count). The summed E-state index contributed by atoms with van der Waals surface area (Å²) in [5, 5.41) is 9.12. The Labute approximate surface area is 101 Å². The van der Waals surface area contributed by atoms with Crippen molar-refractivity contribution in [2.45, 2.75) is 32.2 Å². The van der Waals surface area contributed by atoms with Crippen LogP contribution in [0.2, 0.25) is 0 Å². The van der Waals surface area contributed by atoms with E-state index >= 15 is 0 Å². The second kappa shape index (κ2) is 5.82. The van der Waals surface area contributed by atoms with Gasteiger partial charge in [-0.2, -0.15) is 4.98 Å². The third-order valence-electron chi connectivity index (χ3n) is 3.04. The van der Waals surface area contributed by atoms with Crippen molar-refractivity contribution >= 4 is 5.82 Å². The van der Waals surface area contributed by atoms with Crippen molar-refractivity contribution in [1.29, 1.82) is 0 Å². The Morgan fingerprint density at radius 3 is 2.88 bits per heavy atom. The maximum absolute atomic E-state index is 9.12. The third-order valence-corrected chi connectivity index (χ3v) is 3.04. The maximum Gasteiger partial charge on any atom is 0.234 e. The zero-order chi connectivity index (χ0) is 12.1. The first-order valence-electron chi connectivity index (χ1n) is 6.17.